The number of benzene rings is 1. The number of nitrogens with two attached hydrogens (primary N) is 1. The summed E-state index contributed by atoms with van der Waals surface area (Å²) in [5.41, 5.74) is 5.98. The van der Waals surface area contributed by atoms with Crippen LogP contribution in [0.25, 0.3) is 0 Å². The van der Waals surface area contributed by atoms with Gasteiger partial charge in [-0.1, -0.05) is 11.8 Å². The van der Waals surface area contributed by atoms with E-state index < -0.39 is 4.92 Å². The van der Waals surface area contributed by atoms with Crippen molar-refractivity contribution in [3.05, 3.63) is 51.1 Å². The molecule has 0 amide bonds. The minimum atomic E-state index is -0.463. The molecule has 0 fully saturated rings. The van der Waals surface area contributed by atoms with Gasteiger partial charge in [0.2, 0.25) is 0 Å². The van der Waals surface area contributed by atoms with Gasteiger partial charge in [-0.25, -0.2) is 4.98 Å². The third-order valence-corrected chi connectivity index (χ3v) is 3.44. The van der Waals surface area contributed by atoms with Crippen LogP contribution in [0.1, 0.15) is 0 Å². The van der Waals surface area contributed by atoms with Crippen LogP contribution in [0.3, 0.4) is 0 Å². The molecule has 2 aromatic rings. The zero-order chi connectivity index (χ0) is 13.1. The molecule has 0 aliphatic rings. The highest BCUT2D eigenvalue weighted by molar-refractivity contribution is 9.10. The molecule has 0 atom stereocenters. The van der Waals surface area contributed by atoms with Gasteiger partial charge in [0.1, 0.15) is 5.03 Å². The van der Waals surface area contributed by atoms with Crippen LogP contribution >= 0.6 is 27.7 Å². The molecule has 0 aliphatic heterocycles. The van der Waals surface area contributed by atoms with E-state index in [9.17, 15) is 10.1 Å². The number of aromatic nitrogens is 1. The van der Waals surface area contributed by atoms with Crippen LogP contribution < -0.4 is 5.73 Å². The first-order chi connectivity index (χ1) is 8.54. The molecule has 7 heteroatoms. The van der Waals surface area contributed by atoms with Gasteiger partial charge in [0.05, 0.1) is 4.92 Å². The molecule has 0 spiro atoms. The van der Waals surface area contributed by atoms with Crippen LogP contribution in [0.2, 0.25) is 0 Å². The number of pyridine rings is 1. The standard InChI is InChI=1S/C11H8BrN3O2S/c12-7-1-2-11(14-6-7)18-10-4-8(13)3-9(5-10)15(16)17/h1-6H,13H2. The highest BCUT2D eigenvalue weighted by Crippen LogP contribution is 2.31. The summed E-state index contributed by atoms with van der Waals surface area (Å²) in [4.78, 5) is 15.1. The van der Waals surface area contributed by atoms with Gasteiger partial charge < -0.3 is 5.73 Å². The summed E-state index contributed by atoms with van der Waals surface area (Å²) in [6.45, 7) is 0. The summed E-state index contributed by atoms with van der Waals surface area (Å²) >= 11 is 4.62. The average molecular weight is 326 g/mol. The summed E-state index contributed by atoms with van der Waals surface area (Å²) in [6, 6.07) is 8.17. The fourth-order valence-corrected chi connectivity index (χ4v) is 2.41. The van der Waals surface area contributed by atoms with Crippen molar-refractivity contribution in [2.45, 2.75) is 9.92 Å². The molecule has 2 rings (SSSR count). The SMILES string of the molecule is Nc1cc(Sc2ccc(Br)cn2)cc([N+](=O)[O-])c1. The van der Waals surface area contributed by atoms with Crippen LogP contribution in [-0.4, -0.2) is 9.91 Å². The zero-order valence-electron chi connectivity index (χ0n) is 9.04. The van der Waals surface area contributed by atoms with Gasteiger partial charge in [-0.2, -0.15) is 0 Å². The van der Waals surface area contributed by atoms with Gasteiger partial charge in [0.15, 0.2) is 0 Å². The second kappa shape index (κ2) is 5.36. The third-order valence-electron chi connectivity index (χ3n) is 2.05. The number of non-ortho nitro benzene ring substituents is 1. The molecule has 1 heterocycles. The van der Waals surface area contributed by atoms with Crippen molar-refractivity contribution in [2.24, 2.45) is 0 Å². The fourth-order valence-electron chi connectivity index (χ4n) is 1.31. The van der Waals surface area contributed by atoms with E-state index in [4.69, 9.17) is 5.73 Å². The minimum absolute atomic E-state index is 0.0189. The third kappa shape index (κ3) is 3.21. The Hall–Kier alpha value is -1.60. The zero-order valence-corrected chi connectivity index (χ0v) is 11.4. The van der Waals surface area contributed by atoms with Gasteiger partial charge in [0.25, 0.3) is 5.69 Å². The van der Waals surface area contributed by atoms with Gasteiger partial charge in [-0.05, 0) is 34.1 Å². The number of halogens is 1. The first-order valence-electron chi connectivity index (χ1n) is 4.89. The predicted octanol–water partition coefficient (Wildman–Crippen LogP) is 3.49. The Bertz CT molecular complexity index is 589. The van der Waals surface area contributed by atoms with E-state index in [1.165, 1.54) is 23.9 Å². The minimum Gasteiger partial charge on any atom is -0.398 e. The van der Waals surface area contributed by atoms with Crippen molar-refractivity contribution in [3.63, 3.8) is 0 Å². The number of hydrogen-bond acceptors (Lipinski definition) is 5. The van der Waals surface area contributed by atoms with E-state index in [1.54, 1.807) is 12.3 Å². The molecule has 1 aromatic heterocycles. The van der Waals surface area contributed by atoms with Crippen LogP contribution in [0, 0.1) is 10.1 Å². The highest BCUT2D eigenvalue weighted by Gasteiger charge is 2.09. The molecular weight excluding hydrogens is 318 g/mol. The van der Waals surface area contributed by atoms with E-state index in [-0.39, 0.29) is 5.69 Å². The second-order valence-corrected chi connectivity index (χ2v) is 5.44. The number of nitrogen functional groups attached to an aromatic ring is 1. The largest absolute Gasteiger partial charge is 0.398 e. The maximum Gasteiger partial charge on any atom is 0.272 e. The fraction of sp³-hybridized carbons (Fsp3) is 0. The normalized spacial score (nSPS) is 10.3. The van der Waals surface area contributed by atoms with E-state index in [0.29, 0.717) is 10.6 Å². The smallest absolute Gasteiger partial charge is 0.272 e. The molecule has 0 bridgehead atoms. The Morgan fingerprint density at radius 1 is 1.33 bits per heavy atom. The molecule has 1 aromatic carbocycles. The lowest BCUT2D eigenvalue weighted by molar-refractivity contribution is -0.385. The lowest BCUT2D eigenvalue weighted by atomic mass is 10.3. The van der Waals surface area contributed by atoms with E-state index >= 15 is 0 Å². The Kier molecular flexibility index (Phi) is 3.83. The summed E-state index contributed by atoms with van der Waals surface area (Å²) < 4.78 is 0.880. The topological polar surface area (TPSA) is 82.0 Å². The second-order valence-electron chi connectivity index (χ2n) is 3.43. The summed E-state index contributed by atoms with van der Waals surface area (Å²) in [7, 11) is 0. The van der Waals surface area contributed by atoms with Crippen LogP contribution in [-0.2, 0) is 0 Å². The lowest BCUT2D eigenvalue weighted by Crippen LogP contribution is -1.92. The van der Waals surface area contributed by atoms with Gasteiger partial charge >= 0.3 is 0 Å². The molecule has 18 heavy (non-hydrogen) atoms. The molecular formula is C11H8BrN3O2S. The summed E-state index contributed by atoms with van der Waals surface area (Å²) in [5.74, 6) is 0. The number of nitrogens with zero attached hydrogens (tertiary/aromatic N) is 2. The number of anilines is 1. The van der Waals surface area contributed by atoms with Crippen molar-refractivity contribution in [3.8, 4) is 0 Å². The number of nitro groups is 1. The van der Waals surface area contributed by atoms with E-state index in [2.05, 4.69) is 20.9 Å². The number of hydrogen-bond donors (Lipinski definition) is 1. The highest BCUT2D eigenvalue weighted by atomic mass is 79.9. The van der Waals surface area contributed by atoms with Crippen molar-refractivity contribution >= 4 is 39.1 Å². The number of nitro benzene ring substituents is 1. The summed E-state index contributed by atoms with van der Waals surface area (Å²) in [5, 5.41) is 11.5. The molecule has 0 radical (unpaired) electrons. The Balaban J connectivity index is 2.28. The molecule has 0 saturated carbocycles. The molecule has 0 unspecified atom stereocenters. The van der Waals surface area contributed by atoms with Crippen molar-refractivity contribution in [2.75, 3.05) is 5.73 Å². The Morgan fingerprint density at radius 2 is 2.11 bits per heavy atom. The van der Waals surface area contributed by atoms with Crippen molar-refractivity contribution in [1.82, 2.24) is 4.98 Å². The quantitative estimate of drug-likeness (QED) is 0.530. The maximum atomic E-state index is 10.7. The Labute approximate surface area is 116 Å². The predicted molar refractivity (Wildman–Crippen MR) is 73.6 cm³/mol. The van der Waals surface area contributed by atoms with Crippen molar-refractivity contribution < 1.29 is 4.92 Å². The molecule has 0 saturated heterocycles. The van der Waals surface area contributed by atoms with Crippen LogP contribution in [0.5, 0.6) is 0 Å². The van der Waals surface area contributed by atoms with Crippen LogP contribution in [0.15, 0.2) is 50.9 Å². The number of rotatable bonds is 3. The average Bonchev–Trinajstić information content (AvgIpc) is 2.31. The van der Waals surface area contributed by atoms with E-state index in [0.717, 1.165) is 9.50 Å². The Morgan fingerprint density at radius 3 is 2.72 bits per heavy atom. The lowest BCUT2D eigenvalue weighted by Gasteiger charge is -2.02. The molecule has 2 N–H and O–H groups in total. The molecule has 92 valence electrons. The van der Waals surface area contributed by atoms with Crippen molar-refractivity contribution in [1.29, 1.82) is 0 Å². The van der Waals surface area contributed by atoms with Gasteiger partial charge in [-0.15, -0.1) is 0 Å². The first kappa shape index (κ1) is 12.8. The maximum absolute atomic E-state index is 10.7. The molecule has 5 nitrogen and oxygen atoms in total. The first-order valence-corrected chi connectivity index (χ1v) is 6.50. The van der Waals surface area contributed by atoms with E-state index in [1.807, 2.05) is 12.1 Å². The van der Waals surface area contributed by atoms with Crippen LogP contribution in [0.4, 0.5) is 11.4 Å². The van der Waals surface area contributed by atoms with Gasteiger partial charge in [-0.3, -0.25) is 10.1 Å². The van der Waals surface area contributed by atoms with Gasteiger partial charge in [0, 0.05) is 33.4 Å². The molecule has 0 aliphatic carbocycles. The monoisotopic (exact) mass is 325 g/mol. The summed E-state index contributed by atoms with van der Waals surface area (Å²) in [6.07, 6.45) is 1.67.